The summed E-state index contributed by atoms with van der Waals surface area (Å²) in [5, 5.41) is 6.50. The molecule has 4 aliphatic rings. The first-order valence-electron chi connectivity index (χ1n) is 9.20. The van der Waals surface area contributed by atoms with Crippen molar-refractivity contribution in [1.82, 2.24) is 24.7 Å². The third-order valence-corrected chi connectivity index (χ3v) is 7.18. The monoisotopic (exact) mass is 540 g/mol. The van der Waals surface area contributed by atoms with E-state index in [2.05, 4.69) is 25.4 Å². The van der Waals surface area contributed by atoms with Gasteiger partial charge in [0.15, 0.2) is 5.96 Å². The first kappa shape index (κ1) is 23.9. The van der Waals surface area contributed by atoms with E-state index in [0.29, 0.717) is 29.1 Å². The minimum absolute atomic E-state index is 0. The quantitative estimate of drug-likeness (QED) is 0.299. The summed E-state index contributed by atoms with van der Waals surface area (Å²) >= 11 is 0. The Kier molecular flexibility index (Phi) is 8.21. The van der Waals surface area contributed by atoms with E-state index in [4.69, 9.17) is 0 Å². The standard InChI is InChI=1S/C15H27F3N6O2S.HI/c1-19-14(20-10-13-11-22-6-8-23(13)9-7-22)21-12-2-4-24(5-3-12)27(25,26)15(16,17)18;/h12-13H,2-11H2,1H3,(H2,19,20,21);1H. The molecule has 1 atom stereocenters. The normalized spacial score (nSPS) is 30.0. The number of rotatable bonds is 4. The number of hydrogen-bond acceptors (Lipinski definition) is 5. The fourth-order valence-electron chi connectivity index (χ4n) is 3.91. The lowest BCUT2D eigenvalue weighted by Crippen LogP contribution is -2.64. The van der Waals surface area contributed by atoms with Crippen molar-refractivity contribution in [2.45, 2.75) is 30.4 Å². The Morgan fingerprint density at radius 3 is 2.18 bits per heavy atom. The van der Waals surface area contributed by atoms with Gasteiger partial charge >= 0.3 is 15.5 Å². The molecule has 28 heavy (non-hydrogen) atoms. The van der Waals surface area contributed by atoms with Crippen molar-refractivity contribution in [3.8, 4) is 0 Å². The van der Waals surface area contributed by atoms with Crippen LogP contribution < -0.4 is 10.6 Å². The van der Waals surface area contributed by atoms with Gasteiger partial charge in [0, 0.05) is 71.5 Å². The average molecular weight is 540 g/mol. The van der Waals surface area contributed by atoms with Crippen LogP contribution in [0.1, 0.15) is 12.8 Å². The van der Waals surface area contributed by atoms with Crippen LogP contribution in [0.2, 0.25) is 0 Å². The molecule has 13 heteroatoms. The van der Waals surface area contributed by atoms with E-state index in [9.17, 15) is 21.6 Å². The number of hydrogen-bond donors (Lipinski definition) is 2. The molecule has 4 saturated heterocycles. The highest BCUT2D eigenvalue weighted by molar-refractivity contribution is 14.0. The Labute approximate surface area is 181 Å². The first-order valence-corrected chi connectivity index (χ1v) is 10.6. The lowest BCUT2D eigenvalue weighted by molar-refractivity contribution is -0.0494. The van der Waals surface area contributed by atoms with Crippen LogP contribution in [-0.2, 0) is 10.0 Å². The Hall–Kier alpha value is -0.380. The van der Waals surface area contributed by atoms with Gasteiger partial charge in [-0.05, 0) is 12.8 Å². The second-order valence-corrected chi connectivity index (χ2v) is 9.14. The van der Waals surface area contributed by atoms with Crippen molar-refractivity contribution in [3.63, 3.8) is 0 Å². The van der Waals surface area contributed by atoms with E-state index < -0.39 is 15.5 Å². The predicted molar refractivity (Wildman–Crippen MR) is 111 cm³/mol. The van der Waals surface area contributed by atoms with Crippen LogP contribution in [0.5, 0.6) is 0 Å². The van der Waals surface area contributed by atoms with Crippen molar-refractivity contribution >= 4 is 40.0 Å². The third kappa shape index (κ3) is 5.40. The summed E-state index contributed by atoms with van der Waals surface area (Å²) in [5.74, 6) is 0.602. The molecule has 0 aromatic heterocycles. The zero-order chi connectivity index (χ0) is 19.7. The van der Waals surface area contributed by atoms with Crippen LogP contribution in [0, 0.1) is 0 Å². The molecule has 8 nitrogen and oxygen atoms in total. The smallest absolute Gasteiger partial charge is 0.355 e. The Balaban J connectivity index is 0.00000280. The van der Waals surface area contributed by atoms with Gasteiger partial charge < -0.3 is 10.6 Å². The number of halogens is 4. The SMILES string of the molecule is CN=C(NCC1CN2CCN1CC2)NC1CCN(S(=O)(=O)C(F)(F)F)CC1.I. The fraction of sp³-hybridized carbons (Fsp3) is 0.933. The summed E-state index contributed by atoms with van der Waals surface area (Å²) in [4.78, 5) is 9.09. The summed E-state index contributed by atoms with van der Waals surface area (Å²) in [5.41, 5.74) is -5.24. The maximum atomic E-state index is 12.6. The number of nitrogens with zero attached hydrogens (tertiary/aromatic N) is 4. The maximum absolute atomic E-state index is 12.6. The molecule has 0 spiro atoms. The zero-order valence-corrected chi connectivity index (χ0v) is 18.9. The molecule has 4 heterocycles. The van der Waals surface area contributed by atoms with Gasteiger partial charge in [0.05, 0.1) is 0 Å². The van der Waals surface area contributed by atoms with Crippen LogP contribution in [0.3, 0.4) is 0 Å². The molecule has 164 valence electrons. The average Bonchev–Trinajstić information content (AvgIpc) is 2.65. The van der Waals surface area contributed by atoms with Gasteiger partial charge in [-0.1, -0.05) is 0 Å². The highest BCUT2D eigenvalue weighted by Crippen LogP contribution is 2.28. The van der Waals surface area contributed by atoms with Crippen molar-refractivity contribution in [1.29, 1.82) is 0 Å². The number of nitrogens with one attached hydrogen (secondary N) is 2. The van der Waals surface area contributed by atoms with E-state index in [1.54, 1.807) is 7.05 Å². The third-order valence-electron chi connectivity index (χ3n) is 5.55. The summed E-state index contributed by atoms with van der Waals surface area (Å²) in [6, 6.07) is 0.313. The van der Waals surface area contributed by atoms with Gasteiger partial charge in [-0.2, -0.15) is 17.5 Å². The van der Waals surface area contributed by atoms with E-state index in [1.807, 2.05) is 0 Å². The molecule has 0 aromatic rings. The van der Waals surface area contributed by atoms with Crippen LogP contribution in [-0.4, -0.2) is 105 Å². The maximum Gasteiger partial charge on any atom is 0.511 e. The van der Waals surface area contributed by atoms with Crippen LogP contribution in [0.15, 0.2) is 4.99 Å². The molecule has 4 aliphatic heterocycles. The molecule has 0 amide bonds. The molecule has 0 radical (unpaired) electrons. The number of guanidine groups is 1. The lowest BCUT2D eigenvalue weighted by atomic mass is 10.1. The molecule has 4 fully saturated rings. The lowest BCUT2D eigenvalue weighted by Gasteiger charge is -2.47. The summed E-state index contributed by atoms with van der Waals surface area (Å²) in [7, 11) is -3.59. The second kappa shape index (κ2) is 9.62. The minimum Gasteiger partial charge on any atom is -0.355 e. The Morgan fingerprint density at radius 1 is 1.11 bits per heavy atom. The van der Waals surface area contributed by atoms with Gasteiger partial charge in [-0.25, -0.2) is 8.42 Å². The summed E-state index contributed by atoms with van der Waals surface area (Å²) < 4.78 is 61.4. The first-order chi connectivity index (χ1) is 12.7. The van der Waals surface area contributed by atoms with Crippen molar-refractivity contribution in [3.05, 3.63) is 0 Å². The molecule has 1 unspecified atom stereocenters. The van der Waals surface area contributed by atoms with E-state index in [-0.39, 0.29) is 43.1 Å². The fourth-order valence-corrected chi connectivity index (χ4v) is 4.89. The molecule has 2 N–H and O–H groups in total. The van der Waals surface area contributed by atoms with E-state index in [1.165, 1.54) is 0 Å². The van der Waals surface area contributed by atoms with Crippen molar-refractivity contribution < 1.29 is 21.6 Å². The number of aliphatic imine (C=N–C) groups is 1. The number of sulfonamides is 1. The topological polar surface area (TPSA) is 80.3 Å². The summed E-state index contributed by atoms with van der Waals surface area (Å²) in [6.45, 7) is 5.85. The Bertz CT molecular complexity index is 647. The zero-order valence-electron chi connectivity index (χ0n) is 15.8. The van der Waals surface area contributed by atoms with Gasteiger partial charge in [0.2, 0.25) is 0 Å². The van der Waals surface area contributed by atoms with Gasteiger partial charge in [0.25, 0.3) is 0 Å². The van der Waals surface area contributed by atoms with Crippen LogP contribution in [0.4, 0.5) is 13.2 Å². The molecule has 0 saturated carbocycles. The molecule has 0 aliphatic carbocycles. The molecular formula is C15H28F3IN6O2S. The number of alkyl halides is 3. The number of piperidine rings is 1. The Morgan fingerprint density at radius 2 is 1.71 bits per heavy atom. The van der Waals surface area contributed by atoms with E-state index in [0.717, 1.165) is 39.3 Å². The number of fused-ring (bicyclic) bond motifs is 3. The van der Waals surface area contributed by atoms with Crippen molar-refractivity contribution in [2.75, 3.05) is 59.4 Å². The number of piperazine rings is 3. The largest absolute Gasteiger partial charge is 0.511 e. The molecular weight excluding hydrogens is 512 g/mol. The highest BCUT2D eigenvalue weighted by atomic mass is 127. The molecule has 2 bridgehead atoms. The van der Waals surface area contributed by atoms with Gasteiger partial charge in [-0.15, -0.1) is 24.0 Å². The van der Waals surface area contributed by atoms with Gasteiger partial charge in [-0.3, -0.25) is 14.8 Å². The minimum atomic E-state index is -5.24. The second-order valence-electron chi connectivity index (χ2n) is 7.21. The predicted octanol–water partition coefficient (Wildman–Crippen LogP) is 0.0832. The molecule has 4 rings (SSSR count). The van der Waals surface area contributed by atoms with Crippen LogP contribution in [0.25, 0.3) is 0 Å². The van der Waals surface area contributed by atoms with Gasteiger partial charge in [0.1, 0.15) is 0 Å². The summed E-state index contributed by atoms with van der Waals surface area (Å²) in [6.07, 6.45) is 0.610. The van der Waals surface area contributed by atoms with Crippen molar-refractivity contribution in [2.24, 2.45) is 4.99 Å². The van der Waals surface area contributed by atoms with Crippen LogP contribution >= 0.6 is 24.0 Å². The molecule has 0 aromatic carbocycles. The highest BCUT2D eigenvalue weighted by Gasteiger charge is 2.50. The van der Waals surface area contributed by atoms with E-state index >= 15 is 0 Å².